The Labute approximate surface area is 99.0 Å². The van der Waals surface area contributed by atoms with Crippen LogP contribution in [0.4, 0.5) is 15.4 Å². The number of nitrogens with one attached hydrogen (secondary N) is 1. The van der Waals surface area contributed by atoms with E-state index in [1.54, 1.807) is 0 Å². The predicted octanol–water partition coefficient (Wildman–Crippen LogP) is 1.50. The lowest BCUT2D eigenvalue weighted by atomic mass is 10.6. The number of aromatic nitrogens is 2. The van der Waals surface area contributed by atoms with E-state index in [4.69, 9.17) is 38.2 Å². The molecule has 8 nitrogen and oxygen atoms in total. The Morgan fingerprint density at radius 2 is 1.81 bits per heavy atom. The second-order valence-electron chi connectivity index (χ2n) is 2.10. The molecule has 0 aliphatic rings. The standard InChI is InChI=1S/C5H3Cl2N3O2.CH3NO2/c6-2-3(7)8-1-9-4(2)10-5(11)12;2-1(3)4/h1H,(H,11,12)(H,8,9,10);2H2,(H,3,4). The minimum absolute atomic E-state index is 0.00965. The average Bonchev–Trinajstić information content (AvgIpc) is 2.11. The van der Waals surface area contributed by atoms with Gasteiger partial charge in [0.1, 0.15) is 11.3 Å². The zero-order valence-corrected chi connectivity index (χ0v) is 9.03. The van der Waals surface area contributed by atoms with Crippen molar-refractivity contribution in [1.29, 1.82) is 0 Å². The van der Waals surface area contributed by atoms with Gasteiger partial charge in [0.25, 0.3) is 0 Å². The van der Waals surface area contributed by atoms with Gasteiger partial charge in [-0.15, -0.1) is 0 Å². The zero-order chi connectivity index (χ0) is 12.7. The first-order valence-electron chi connectivity index (χ1n) is 3.49. The fourth-order valence-corrected chi connectivity index (χ4v) is 0.815. The molecular weight excluding hydrogens is 263 g/mol. The number of amides is 2. The molecule has 1 aromatic heterocycles. The Hall–Kier alpha value is -1.80. The van der Waals surface area contributed by atoms with Gasteiger partial charge in [-0.25, -0.2) is 19.6 Å². The van der Waals surface area contributed by atoms with Crippen LogP contribution in [-0.4, -0.2) is 32.4 Å². The minimum Gasteiger partial charge on any atom is -0.465 e. The largest absolute Gasteiger partial charge is 0.465 e. The van der Waals surface area contributed by atoms with Crippen LogP contribution in [0.5, 0.6) is 0 Å². The van der Waals surface area contributed by atoms with E-state index in [1.165, 1.54) is 0 Å². The molecule has 0 saturated carbocycles. The van der Waals surface area contributed by atoms with Crippen molar-refractivity contribution in [2.75, 3.05) is 5.32 Å². The van der Waals surface area contributed by atoms with Crippen molar-refractivity contribution in [1.82, 2.24) is 9.97 Å². The third kappa shape index (κ3) is 5.83. The van der Waals surface area contributed by atoms with Crippen LogP contribution in [-0.2, 0) is 0 Å². The zero-order valence-electron chi connectivity index (χ0n) is 7.52. The molecule has 0 saturated heterocycles. The SMILES string of the molecule is NC(=O)O.O=C(O)Nc1ncnc(Cl)c1Cl. The molecule has 1 heterocycles. The van der Waals surface area contributed by atoms with E-state index in [0.717, 1.165) is 6.33 Å². The summed E-state index contributed by atoms with van der Waals surface area (Å²) in [4.78, 5) is 26.0. The maximum Gasteiger partial charge on any atom is 0.410 e. The number of rotatable bonds is 1. The summed E-state index contributed by atoms with van der Waals surface area (Å²) < 4.78 is 0. The van der Waals surface area contributed by atoms with Crippen molar-refractivity contribution in [3.8, 4) is 0 Å². The van der Waals surface area contributed by atoms with Crippen molar-refractivity contribution < 1.29 is 19.8 Å². The van der Waals surface area contributed by atoms with Gasteiger partial charge in [-0.05, 0) is 0 Å². The molecule has 88 valence electrons. The molecule has 0 unspecified atom stereocenters. The third-order valence-electron chi connectivity index (χ3n) is 0.972. The van der Waals surface area contributed by atoms with Crippen LogP contribution < -0.4 is 11.1 Å². The highest BCUT2D eigenvalue weighted by Gasteiger charge is 2.08. The van der Waals surface area contributed by atoms with Gasteiger partial charge in [0.05, 0.1) is 0 Å². The summed E-state index contributed by atoms with van der Waals surface area (Å²) in [6.45, 7) is 0. The summed E-state index contributed by atoms with van der Waals surface area (Å²) in [6, 6.07) is 0. The second-order valence-corrected chi connectivity index (χ2v) is 2.83. The molecule has 16 heavy (non-hydrogen) atoms. The van der Waals surface area contributed by atoms with Gasteiger partial charge in [-0.2, -0.15) is 0 Å². The van der Waals surface area contributed by atoms with Gasteiger partial charge in [0, 0.05) is 0 Å². The third-order valence-corrected chi connectivity index (χ3v) is 1.71. The Bertz CT molecular complexity index is 396. The quantitative estimate of drug-likeness (QED) is 0.569. The van der Waals surface area contributed by atoms with Gasteiger partial charge in [-0.3, -0.25) is 5.32 Å². The topological polar surface area (TPSA) is 138 Å². The minimum atomic E-state index is -1.33. The second kappa shape index (κ2) is 6.64. The fourth-order valence-electron chi connectivity index (χ4n) is 0.537. The molecule has 0 spiro atoms. The van der Waals surface area contributed by atoms with Crippen LogP contribution in [0.25, 0.3) is 0 Å². The molecule has 1 aromatic rings. The van der Waals surface area contributed by atoms with Crippen molar-refractivity contribution >= 4 is 41.2 Å². The molecule has 0 atom stereocenters. The molecular formula is C6H6Cl2N4O4. The van der Waals surface area contributed by atoms with Gasteiger partial charge in [0.15, 0.2) is 11.0 Å². The van der Waals surface area contributed by atoms with Crippen LogP contribution in [0.15, 0.2) is 6.33 Å². The van der Waals surface area contributed by atoms with Crippen molar-refractivity contribution in [3.05, 3.63) is 16.5 Å². The fraction of sp³-hybridized carbons (Fsp3) is 0. The Morgan fingerprint density at radius 3 is 2.25 bits per heavy atom. The molecule has 0 aliphatic carbocycles. The number of nitrogens with two attached hydrogens (primary N) is 1. The lowest BCUT2D eigenvalue weighted by molar-refractivity contribution is 0.205. The van der Waals surface area contributed by atoms with E-state index in [2.05, 4.69) is 15.7 Å². The lowest BCUT2D eigenvalue weighted by Gasteiger charge is -2.01. The molecule has 0 bridgehead atoms. The summed E-state index contributed by atoms with van der Waals surface area (Å²) in [5.74, 6) is -0.0239. The number of carbonyl (C=O) groups is 2. The molecule has 0 aromatic carbocycles. The van der Waals surface area contributed by atoms with E-state index < -0.39 is 12.2 Å². The van der Waals surface area contributed by atoms with Crippen LogP contribution in [0.1, 0.15) is 0 Å². The number of carboxylic acid groups (broad SMARTS) is 2. The van der Waals surface area contributed by atoms with Crippen molar-refractivity contribution in [3.63, 3.8) is 0 Å². The molecule has 0 radical (unpaired) electrons. The normalized spacial score (nSPS) is 8.62. The first kappa shape index (κ1) is 14.2. The van der Waals surface area contributed by atoms with E-state index in [-0.39, 0.29) is 16.0 Å². The smallest absolute Gasteiger partial charge is 0.410 e. The van der Waals surface area contributed by atoms with Gasteiger partial charge >= 0.3 is 12.2 Å². The van der Waals surface area contributed by atoms with Crippen molar-refractivity contribution in [2.24, 2.45) is 5.73 Å². The summed E-state index contributed by atoms with van der Waals surface area (Å²) in [5.41, 5.74) is 4.03. The predicted molar refractivity (Wildman–Crippen MR) is 55.9 cm³/mol. The Morgan fingerprint density at radius 1 is 1.31 bits per heavy atom. The highest BCUT2D eigenvalue weighted by molar-refractivity contribution is 6.42. The molecule has 0 aliphatic heterocycles. The van der Waals surface area contributed by atoms with Gasteiger partial charge in [0.2, 0.25) is 0 Å². The van der Waals surface area contributed by atoms with E-state index in [0.29, 0.717) is 0 Å². The number of halogens is 2. The first-order valence-corrected chi connectivity index (χ1v) is 4.24. The highest BCUT2D eigenvalue weighted by atomic mass is 35.5. The summed E-state index contributed by atoms with van der Waals surface area (Å²) in [5, 5.41) is 17.5. The first-order chi connectivity index (χ1) is 7.34. The van der Waals surface area contributed by atoms with Crippen molar-refractivity contribution in [2.45, 2.75) is 0 Å². The highest BCUT2D eigenvalue weighted by Crippen LogP contribution is 2.24. The Kier molecular flexibility index (Phi) is 5.89. The summed E-state index contributed by atoms with van der Waals surface area (Å²) >= 11 is 11.0. The molecule has 0 fully saturated rings. The van der Waals surface area contributed by atoms with Crippen LogP contribution in [0.3, 0.4) is 0 Å². The maximum atomic E-state index is 10.2. The van der Waals surface area contributed by atoms with Gasteiger partial charge < -0.3 is 15.9 Å². The van der Waals surface area contributed by atoms with Gasteiger partial charge in [-0.1, -0.05) is 23.2 Å². The maximum absolute atomic E-state index is 10.2. The van der Waals surface area contributed by atoms with E-state index in [9.17, 15) is 4.79 Å². The molecule has 10 heteroatoms. The van der Waals surface area contributed by atoms with E-state index >= 15 is 0 Å². The summed E-state index contributed by atoms with van der Waals surface area (Å²) in [7, 11) is 0. The average molecular weight is 269 g/mol. The summed E-state index contributed by atoms with van der Waals surface area (Å²) in [6.07, 6.45) is -1.48. The van der Waals surface area contributed by atoms with Crippen LogP contribution in [0.2, 0.25) is 10.2 Å². The molecule has 5 N–H and O–H groups in total. The molecule has 1 rings (SSSR count). The number of hydrogen-bond donors (Lipinski definition) is 4. The number of anilines is 1. The Balaban J connectivity index is 0.000000487. The van der Waals surface area contributed by atoms with Crippen LogP contribution >= 0.6 is 23.2 Å². The number of hydrogen-bond acceptors (Lipinski definition) is 4. The van der Waals surface area contributed by atoms with Crippen LogP contribution in [0, 0.1) is 0 Å². The number of nitrogens with zero attached hydrogens (tertiary/aromatic N) is 2. The number of primary amides is 1. The van der Waals surface area contributed by atoms with E-state index in [1.807, 2.05) is 5.32 Å². The molecule has 2 amide bonds. The lowest BCUT2D eigenvalue weighted by Crippen LogP contribution is -2.09. The monoisotopic (exact) mass is 268 g/mol.